The van der Waals surface area contributed by atoms with E-state index in [0.717, 1.165) is 5.56 Å². The van der Waals surface area contributed by atoms with Crippen molar-refractivity contribution in [3.63, 3.8) is 0 Å². The molecule has 0 aromatic heterocycles. The largest absolute Gasteiger partial charge is 0.493 e. The molecule has 1 aromatic rings. The smallest absolute Gasteiger partial charge is 0.248 e. The van der Waals surface area contributed by atoms with Crippen molar-refractivity contribution in [1.29, 1.82) is 0 Å². The molecule has 0 spiro atoms. The summed E-state index contributed by atoms with van der Waals surface area (Å²) >= 11 is 5.19. The number of primary amides is 1. The minimum atomic E-state index is -0.501. The van der Waals surface area contributed by atoms with Gasteiger partial charge in [-0.05, 0) is 42.8 Å². The van der Waals surface area contributed by atoms with Crippen LogP contribution in [-0.2, 0) is 4.79 Å². The minimum Gasteiger partial charge on any atom is -0.493 e. The summed E-state index contributed by atoms with van der Waals surface area (Å²) in [6, 6.07) is 5.11. The second-order valence-corrected chi connectivity index (χ2v) is 6.46. The molecule has 0 saturated heterocycles. The van der Waals surface area contributed by atoms with Gasteiger partial charge >= 0.3 is 0 Å². The first-order valence-corrected chi connectivity index (χ1v) is 8.13. The quantitative estimate of drug-likeness (QED) is 0.681. The number of nitrogens with one attached hydrogen (secondary N) is 2. The number of carbonyl (C=O) groups is 1. The summed E-state index contributed by atoms with van der Waals surface area (Å²) in [5.41, 5.74) is 7.45. The molecular formula is C17H23N3O3S. The molecule has 6 nitrogen and oxygen atoms in total. The average Bonchev–Trinajstić information content (AvgIpc) is 2.51. The van der Waals surface area contributed by atoms with Gasteiger partial charge in [-0.25, -0.2) is 0 Å². The Morgan fingerprint density at radius 1 is 1.38 bits per heavy atom. The van der Waals surface area contributed by atoms with Crippen LogP contribution in [0.4, 0.5) is 0 Å². The molecule has 0 fully saturated rings. The molecule has 0 saturated carbocycles. The summed E-state index contributed by atoms with van der Waals surface area (Å²) in [4.78, 5) is 11.8. The molecule has 1 aliphatic heterocycles. The number of hydrogen-bond donors (Lipinski definition) is 3. The second kappa shape index (κ2) is 7.53. The Kier molecular flexibility index (Phi) is 5.66. The Morgan fingerprint density at radius 2 is 2.08 bits per heavy atom. The van der Waals surface area contributed by atoms with Crippen LogP contribution in [0.25, 0.3) is 0 Å². The van der Waals surface area contributed by atoms with Crippen molar-refractivity contribution in [1.82, 2.24) is 10.6 Å². The van der Waals surface area contributed by atoms with E-state index in [0.29, 0.717) is 40.4 Å². The van der Waals surface area contributed by atoms with Crippen molar-refractivity contribution in [3.05, 3.63) is 35.0 Å². The third-order valence-electron chi connectivity index (χ3n) is 3.63. The Hall–Kier alpha value is -2.28. The number of allylic oxidation sites excluding steroid dienone is 1. The van der Waals surface area contributed by atoms with E-state index < -0.39 is 11.9 Å². The van der Waals surface area contributed by atoms with Gasteiger partial charge in [0.25, 0.3) is 0 Å². The fourth-order valence-corrected chi connectivity index (χ4v) is 2.78. The van der Waals surface area contributed by atoms with E-state index in [1.165, 1.54) is 0 Å². The van der Waals surface area contributed by atoms with Gasteiger partial charge in [-0.2, -0.15) is 0 Å². The molecule has 2 rings (SSSR count). The van der Waals surface area contributed by atoms with Crippen LogP contribution >= 0.6 is 12.2 Å². The lowest BCUT2D eigenvalue weighted by Crippen LogP contribution is -2.46. The molecule has 1 atom stereocenters. The van der Waals surface area contributed by atoms with E-state index in [-0.39, 0.29) is 0 Å². The lowest BCUT2D eigenvalue weighted by Gasteiger charge is -2.29. The van der Waals surface area contributed by atoms with E-state index in [1.807, 2.05) is 18.2 Å². The van der Waals surface area contributed by atoms with Gasteiger partial charge in [-0.1, -0.05) is 19.9 Å². The molecule has 130 valence electrons. The highest BCUT2D eigenvalue weighted by Gasteiger charge is 2.29. The van der Waals surface area contributed by atoms with Gasteiger partial charge in [0.15, 0.2) is 16.6 Å². The van der Waals surface area contributed by atoms with Gasteiger partial charge in [0.2, 0.25) is 5.91 Å². The Morgan fingerprint density at radius 3 is 2.67 bits per heavy atom. The highest BCUT2D eigenvalue weighted by molar-refractivity contribution is 7.80. The van der Waals surface area contributed by atoms with Gasteiger partial charge < -0.3 is 25.8 Å². The molecule has 24 heavy (non-hydrogen) atoms. The maximum absolute atomic E-state index is 11.8. The highest BCUT2D eigenvalue weighted by atomic mass is 32.1. The molecule has 0 radical (unpaired) electrons. The normalized spacial score (nSPS) is 17.4. The standard InChI is InChI=1S/C17H23N3O3S/c1-9(2)8-23-12-6-5-11(7-13(12)22-4)15-14(16(18)21)10(3)19-17(24)20-15/h5-7,9,15H,8H2,1-4H3,(H2,18,21)(H2,19,20,24). The summed E-state index contributed by atoms with van der Waals surface area (Å²) in [5, 5.41) is 6.45. The number of nitrogens with two attached hydrogens (primary N) is 1. The lowest BCUT2D eigenvalue weighted by molar-refractivity contribution is -0.115. The summed E-state index contributed by atoms with van der Waals surface area (Å²) in [6.45, 7) is 6.52. The van der Waals surface area contributed by atoms with Crippen molar-refractivity contribution < 1.29 is 14.3 Å². The summed E-state index contributed by atoms with van der Waals surface area (Å²) in [5.74, 6) is 1.16. The number of benzene rings is 1. The predicted octanol–water partition coefficient (Wildman–Crippen LogP) is 2.01. The summed E-state index contributed by atoms with van der Waals surface area (Å²) in [7, 11) is 1.58. The monoisotopic (exact) mass is 349 g/mol. The SMILES string of the molecule is COc1cc(C2NC(=S)NC(C)=C2C(N)=O)ccc1OCC(C)C. The highest BCUT2D eigenvalue weighted by Crippen LogP contribution is 2.34. The van der Waals surface area contributed by atoms with E-state index in [1.54, 1.807) is 14.0 Å². The van der Waals surface area contributed by atoms with Gasteiger partial charge in [0, 0.05) is 5.70 Å². The summed E-state index contributed by atoms with van der Waals surface area (Å²) < 4.78 is 11.2. The fourth-order valence-electron chi connectivity index (χ4n) is 2.51. The van der Waals surface area contributed by atoms with E-state index in [9.17, 15) is 4.79 Å². The average molecular weight is 349 g/mol. The minimum absolute atomic E-state index is 0.407. The molecule has 7 heteroatoms. The lowest BCUT2D eigenvalue weighted by atomic mass is 9.95. The van der Waals surface area contributed by atoms with Gasteiger partial charge in [0.05, 0.1) is 25.3 Å². The molecule has 1 amide bonds. The zero-order chi connectivity index (χ0) is 17.9. The predicted molar refractivity (Wildman–Crippen MR) is 96.8 cm³/mol. The molecule has 4 N–H and O–H groups in total. The number of ether oxygens (including phenoxy) is 2. The van der Waals surface area contributed by atoms with Crippen LogP contribution in [0.15, 0.2) is 29.5 Å². The van der Waals surface area contributed by atoms with Crippen LogP contribution in [0, 0.1) is 5.92 Å². The Balaban J connectivity index is 2.38. The van der Waals surface area contributed by atoms with E-state index in [4.69, 9.17) is 27.4 Å². The second-order valence-electron chi connectivity index (χ2n) is 6.05. The van der Waals surface area contributed by atoms with Crippen LogP contribution < -0.4 is 25.8 Å². The number of hydrogen-bond acceptors (Lipinski definition) is 4. The number of thiocarbonyl (C=S) groups is 1. The Labute approximate surface area is 147 Å². The number of carbonyl (C=O) groups excluding carboxylic acids is 1. The van der Waals surface area contributed by atoms with Crippen molar-refractivity contribution in [2.24, 2.45) is 11.7 Å². The maximum Gasteiger partial charge on any atom is 0.248 e. The van der Waals surface area contributed by atoms with Crippen molar-refractivity contribution in [2.75, 3.05) is 13.7 Å². The third kappa shape index (κ3) is 3.97. The van der Waals surface area contributed by atoms with Crippen LogP contribution in [0.5, 0.6) is 11.5 Å². The third-order valence-corrected chi connectivity index (χ3v) is 3.85. The van der Waals surface area contributed by atoms with Gasteiger partial charge in [-0.3, -0.25) is 4.79 Å². The molecule has 0 bridgehead atoms. The van der Waals surface area contributed by atoms with E-state index >= 15 is 0 Å². The van der Waals surface area contributed by atoms with Crippen LogP contribution in [0.1, 0.15) is 32.4 Å². The first-order valence-electron chi connectivity index (χ1n) is 7.72. The van der Waals surface area contributed by atoms with Crippen LogP contribution in [0.2, 0.25) is 0 Å². The molecule has 1 aromatic carbocycles. The zero-order valence-electron chi connectivity index (χ0n) is 14.3. The first kappa shape index (κ1) is 18.1. The van der Waals surface area contributed by atoms with Crippen molar-refractivity contribution >= 4 is 23.2 Å². The maximum atomic E-state index is 11.8. The first-order chi connectivity index (χ1) is 11.3. The fraction of sp³-hybridized carbons (Fsp3) is 0.412. The van der Waals surface area contributed by atoms with Gasteiger partial charge in [0.1, 0.15) is 0 Å². The van der Waals surface area contributed by atoms with Crippen LogP contribution in [-0.4, -0.2) is 24.7 Å². The number of rotatable bonds is 6. The Bertz CT molecular complexity index is 686. The zero-order valence-corrected chi connectivity index (χ0v) is 15.1. The van der Waals surface area contributed by atoms with Crippen molar-refractivity contribution in [2.45, 2.75) is 26.8 Å². The van der Waals surface area contributed by atoms with E-state index in [2.05, 4.69) is 24.5 Å². The van der Waals surface area contributed by atoms with Gasteiger partial charge in [-0.15, -0.1) is 0 Å². The topological polar surface area (TPSA) is 85.6 Å². The number of methoxy groups -OCH3 is 1. The molecule has 1 unspecified atom stereocenters. The molecular weight excluding hydrogens is 326 g/mol. The molecule has 1 aliphatic rings. The summed E-state index contributed by atoms with van der Waals surface area (Å²) in [6.07, 6.45) is 0. The molecule has 1 heterocycles. The van der Waals surface area contributed by atoms with Crippen molar-refractivity contribution in [3.8, 4) is 11.5 Å². The molecule has 0 aliphatic carbocycles. The van der Waals surface area contributed by atoms with Crippen LogP contribution in [0.3, 0.4) is 0 Å². The number of amides is 1.